The van der Waals surface area contributed by atoms with Gasteiger partial charge in [0.25, 0.3) is 0 Å². The second kappa shape index (κ2) is 5.75. The minimum Gasteiger partial charge on any atom is -0.454 e. The maximum absolute atomic E-state index is 12.9. The fourth-order valence-corrected chi connectivity index (χ4v) is 1.42. The average molecular weight is 305 g/mol. The minimum absolute atomic E-state index is 0.0395. The molecular formula is C10H10BF2NO5S. The molecule has 0 aliphatic carbocycles. The van der Waals surface area contributed by atoms with Crippen LogP contribution in [-0.2, 0) is 21.2 Å². The Morgan fingerprint density at radius 2 is 2.05 bits per heavy atom. The number of rotatable bonds is 5. The van der Waals surface area contributed by atoms with E-state index < -0.39 is 27.9 Å². The molecule has 0 unspecified atom stereocenters. The SMILES string of the molecule is [B]Cc1ccc(N)c(C(=O)OCC(F)(F)S(=O)(=O)O)c1. The molecule has 108 valence electrons. The summed E-state index contributed by atoms with van der Waals surface area (Å²) >= 11 is 0. The molecule has 1 aromatic carbocycles. The summed E-state index contributed by atoms with van der Waals surface area (Å²) < 4.78 is 58.9. The third-order valence-corrected chi connectivity index (χ3v) is 3.19. The molecule has 0 aliphatic heterocycles. The Morgan fingerprint density at radius 1 is 1.45 bits per heavy atom. The molecule has 3 N–H and O–H groups in total. The molecule has 10 heteroatoms. The van der Waals surface area contributed by atoms with Crippen molar-refractivity contribution in [3.63, 3.8) is 0 Å². The van der Waals surface area contributed by atoms with Crippen molar-refractivity contribution >= 4 is 29.6 Å². The van der Waals surface area contributed by atoms with E-state index in [1.165, 1.54) is 18.2 Å². The number of ether oxygens (including phenoxy) is 1. The van der Waals surface area contributed by atoms with Crippen molar-refractivity contribution < 1.29 is 31.3 Å². The Hall–Kier alpha value is -1.68. The molecule has 20 heavy (non-hydrogen) atoms. The van der Waals surface area contributed by atoms with Crippen LogP contribution in [0.5, 0.6) is 0 Å². The molecule has 0 spiro atoms. The van der Waals surface area contributed by atoms with E-state index in [1.807, 2.05) is 0 Å². The second-order valence-electron chi connectivity index (χ2n) is 3.81. The molecule has 0 saturated heterocycles. The van der Waals surface area contributed by atoms with Gasteiger partial charge in [0.15, 0.2) is 6.61 Å². The molecule has 1 rings (SSSR count). The Kier molecular flexibility index (Phi) is 4.71. The van der Waals surface area contributed by atoms with Crippen LogP contribution in [0.1, 0.15) is 15.9 Å². The van der Waals surface area contributed by atoms with E-state index in [4.69, 9.17) is 18.1 Å². The predicted octanol–water partition coefficient (Wildman–Crippen LogP) is 0.575. The highest BCUT2D eigenvalue weighted by molar-refractivity contribution is 7.86. The van der Waals surface area contributed by atoms with E-state index in [-0.39, 0.29) is 17.6 Å². The largest absolute Gasteiger partial charge is 0.454 e. The molecule has 2 radical (unpaired) electrons. The minimum atomic E-state index is -5.66. The topological polar surface area (TPSA) is 107 Å². The molecule has 0 amide bonds. The van der Waals surface area contributed by atoms with Crippen LogP contribution in [0, 0.1) is 0 Å². The van der Waals surface area contributed by atoms with Crippen LogP contribution < -0.4 is 5.73 Å². The van der Waals surface area contributed by atoms with Gasteiger partial charge in [-0.05, 0) is 12.1 Å². The molecule has 0 atom stereocenters. The van der Waals surface area contributed by atoms with Gasteiger partial charge in [-0.3, -0.25) is 4.55 Å². The van der Waals surface area contributed by atoms with E-state index in [2.05, 4.69) is 4.74 Å². The fourth-order valence-electron chi connectivity index (χ4n) is 1.21. The number of alkyl halides is 2. The number of anilines is 1. The van der Waals surface area contributed by atoms with Crippen molar-refractivity contribution in [1.82, 2.24) is 0 Å². The molecule has 0 fully saturated rings. The zero-order chi connectivity index (χ0) is 15.6. The van der Waals surface area contributed by atoms with Crippen LogP contribution in [-0.4, -0.2) is 38.6 Å². The third-order valence-electron chi connectivity index (χ3n) is 2.32. The van der Waals surface area contributed by atoms with Crippen molar-refractivity contribution in [1.29, 1.82) is 0 Å². The summed E-state index contributed by atoms with van der Waals surface area (Å²) in [6.45, 7) is -1.82. The van der Waals surface area contributed by atoms with E-state index >= 15 is 0 Å². The lowest BCUT2D eigenvalue weighted by Gasteiger charge is -2.14. The maximum Gasteiger partial charge on any atom is 0.402 e. The zero-order valence-corrected chi connectivity index (χ0v) is 10.9. The van der Waals surface area contributed by atoms with Gasteiger partial charge < -0.3 is 10.5 Å². The first kappa shape index (κ1) is 16.4. The van der Waals surface area contributed by atoms with Crippen LogP contribution in [0.3, 0.4) is 0 Å². The van der Waals surface area contributed by atoms with Crippen LogP contribution in [0.2, 0.25) is 0 Å². The summed E-state index contributed by atoms with van der Waals surface area (Å²) in [6.07, 6.45) is 0.0851. The number of nitrogen functional groups attached to an aromatic ring is 1. The Bertz CT molecular complexity index is 620. The zero-order valence-electron chi connectivity index (χ0n) is 10.0. The first-order valence-electron chi connectivity index (χ1n) is 5.19. The van der Waals surface area contributed by atoms with Crippen molar-refractivity contribution in [2.45, 2.75) is 11.6 Å². The quantitative estimate of drug-likeness (QED) is 0.356. The van der Waals surface area contributed by atoms with Crippen LogP contribution >= 0.6 is 0 Å². The van der Waals surface area contributed by atoms with Crippen molar-refractivity contribution in [3.05, 3.63) is 29.3 Å². The summed E-state index contributed by atoms with van der Waals surface area (Å²) in [6, 6.07) is 4.10. The number of benzene rings is 1. The first-order chi connectivity index (χ1) is 9.08. The lowest BCUT2D eigenvalue weighted by molar-refractivity contribution is -0.00944. The highest BCUT2D eigenvalue weighted by Crippen LogP contribution is 2.22. The lowest BCUT2D eigenvalue weighted by atomic mass is 9.95. The van der Waals surface area contributed by atoms with Crippen molar-refractivity contribution in [2.75, 3.05) is 12.3 Å². The van der Waals surface area contributed by atoms with Gasteiger partial charge in [0.2, 0.25) is 0 Å². The Morgan fingerprint density at radius 3 is 2.55 bits per heavy atom. The normalized spacial score (nSPS) is 12.2. The van der Waals surface area contributed by atoms with E-state index in [1.54, 1.807) is 0 Å². The van der Waals surface area contributed by atoms with Crippen LogP contribution in [0.25, 0.3) is 0 Å². The molecular weight excluding hydrogens is 295 g/mol. The molecule has 0 bridgehead atoms. The lowest BCUT2D eigenvalue weighted by Crippen LogP contribution is -2.34. The summed E-state index contributed by atoms with van der Waals surface area (Å²) in [5.41, 5.74) is 5.72. The van der Waals surface area contributed by atoms with Gasteiger partial charge in [-0.15, -0.1) is 0 Å². The van der Waals surface area contributed by atoms with Gasteiger partial charge in [0, 0.05) is 5.69 Å². The standard InChI is InChI=1S/C10H10BF2NO5S/c11-4-6-1-2-8(14)7(3-6)9(15)19-5-10(12,13)20(16,17)18/h1-3H,4-5,14H2,(H,16,17,18). The van der Waals surface area contributed by atoms with E-state index in [0.717, 1.165) is 0 Å². The van der Waals surface area contributed by atoms with Gasteiger partial charge in [0.1, 0.15) is 0 Å². The Balaban J connectivity index is 2.88. The van der Waals surface area contributed by atoms with Gasteiger partial charge in [-0.25, -0.2) is 4.79 Å². The summed E-state index contributed by atoms with van der Waals surface area (Å²) in [5.74, 6) is -1.25. The smallest absolute Gasteiger partial charge is 0.402 e. The highest BCUT2D eigenvalue weighted by Gasteiger charge is 2.45. The molecule has 6 nitrogen and oxygen atoms in total. The number of hydrogen-bond acceptors (Lipinski definition) is 5. The Labute approximate surface area is 115 Å². The van der Waals surface area contributed by atoms with Gasteiger partial charge in [-0.2, -0.15) is 17.2 Å². The summed E-state index contributed by atoms with van der Waals surface area (Å²) in [7, 11) is -0.321. The molecule has 0 saturated carbocycles. The summed E-state index contributed by atoms with van der Waals surface area (Å²) in [5, 5.41) is -4.59. The average Bonchev–Trinajstić information content (AvgIpc) is 2.35. The number of carbonyl (C=O) groups excluding carboxylic acids is 1. The number of hydrogen-bond donors (Lipinski definition) is 2. The van der Waals surface area contributed by atoms with Crippen molar-refractivity contribution in [3.8, 4) is 0 Å². The van der Waals surface area contributed by atoms with Gasteiger partial charge in [0.05, 0.1) is 13.4 Å². The predicted molar refractivity (Wildman–Crippen MR) is 67.1 cm³/mol. The first-order valence-corrected chi connectivity index (χ1v) is 6.63. The second-order valence-corrected chi connectivity index (χ2v) is 5.36. The molecule has 0 aliphatic rings. The monoisotopic (exact) mass is 305 g/mol. The van der Waals surface area contributed by atoms with E-state index in [9.17, 15) is 22.0 Å². The summed E-state index contributed by atoms with van der Waals surface area (Å²) in [4.78, 5) is 11.6. The number of nitrogens with two attached hydrogens (primary N) is 1. The van der Waals surface area contributed by atoms with Gasteiger partial charge >= 0.3 is 21.3 Å². The number of halogens is 2. The third kappa shape index (κ3) is 3.67. The number of esters is 1. The maximum atomic E-state index is 12.9. The van der Waals surface area contributed by atoms with Crippen LogP contribution in [0.15, 0.2) is 18.2 Å². The molecule has 0 aromatic heterocycles. The highest BCUT2D eigenvalue weighted by atomic mass is 32.2. The fraction of sp³-hybridized carbons (Fsp3) is 0.300. The molecule has 0 heterocycles. The number of carbonyl (C=O) groups is 1. The molecule has 1 aromatic rings. The van der Waals surface area contributed by atoms with E-state index in [0.29, 0.717) is 5.56 Å². The van der Waals surface area contributed by atoms with Gasteiger partial charge in [-0.1, -0.05) is 17.9 Å². The van der Waals surface area contributed by atoms with Crippen LogP contribution in [0.4, 0.5) is 14.5 Å². The van der Waals surface area contributed by atoms with Crippen molar-refractivity contribution in [2.24, 2.45) is 0 Å².